The van der Waals surface area contributed by atoms with Crippen molar-refractivity contribution in [2.45, 2.75) is 13.5 Å². The molecule has 1 heterocycles. The van der Waals surface area contributed by atoms with Crippen molar-refractivity contribution in [2.24, 2.45) is 0 Å². The predicted octanol–water partition coefficient (Wildman–Crippen LogP) is 6.46. The van der Waals surface area contributed by atoms with Crippen molar-refractivity contribution in [1.29, 1.82) is 0 Å². The summed E-state index contributed by atoms with van der Waals surface area (Å²) in [5, 5.41) is 14.3. The zero-order chi connectivity index (χ0) is 27.4. The van der Waals surface area contributed by atoms with E-state index in [4.69, 9.17) is 27.9 Å². The van der Waals surface area contributed by atoms with E-state index in [1.54, 1.807) is 36.4 Å². The monoisotopic (exact) mass is 571 g/mol. The summed E-state index contributed by atoms with van der Waals surface area (Å²) < 4.78 is 5.67. The number of aryl methyl sites for hydroxylation is 1. The average Bonchev–Trinajstić information content (AvgIpc) is 3.13. The second kappa shape index (κ2) is 11.7. The van der Waals surface area contributed by atoms with Gasteiger partial charge in [-0.15, -0.1) is 0 Å². The van der Waals surface area contributed by atoms with Crippen LogP contribution < -0.4 is 10.1 Å². The van der Waals surface area contributed by atoms with Gasteiger partial charge in [-0.25, -0.2) is 0 Å². The molecular formula is C26H19Cl2N3O6S. The lowest BCUT2D eigenvalue weighted by molar-refractivity contribution is -0.385. The largest absolute Gasteiger partial charge is 0.483 e. The van der Waals surface area contributed by atoms with Gasteiger partial charge in [-0.05, 0) is 60.7 Å². The number of carbonyl (C=O) groups excluding carboxylic acids is 3. The number of benzene rings is 3. The van der Waals surface area contributed by atoms with Crippen molar-refractivity contribution in [3.05, 3.63) is 102 Å². The second-order valence-electron chi connectivity index (χ2n) is 8.14. The standard InChI is InChI=1S/C26H19Cl2N3O6S/c1-15-6-8-19(12-20(15)28)29-24(32)14-37-22-9-7-18(27)10-17(22)11-23-25(33)30(26(34)38-23)13-16-4-2-3-5-21(16)31(35)36/h2-12H,13-14H2,1H3,(H,29,32)/b23-11-. The van der Waals surface area contributed by atoms with Gasteiger partial charge in [0.05, 0.1) is 16.4 Å². The van der Waals surface area contributed by atoms with Crippen LogP contribution in [0, 0.1) is 17.0 Å². The lowest BCUT2D eigenvalue weighted by Gasteiger charge is -2.13. The molecule has 194 valence electrons. The summed E-state index contributed by atoms with van der Waals surface area (Å²) in [5.74, 6) is -0.786. The van der Waals surface area contributed by atoms with Crippen LogP contribution in [0.25, 0.3) is 6.08 Å². The zero-order valence-electron chi connectivity index (χ0n) is 19.8. The molecule has 4 rings (SSSR count). The summed E-state index contributed by atoms with van der Waals surface area (Å²) in [6.45, 7) is 1.26. The summed E-state index contributed by atoms with van der Waals surface area (Å²) in [6, 6.07) is 15.7. The van der Waals surface area contributed by atoms with Crippen molar-refractivity contribution in [2.75, 3.05) is 11.9 Å². The van der Waals surface area contributed by atoms with Crippen LogP contribution in [0.1, 0.15) is 16.7 Å². The maximum Gasteiger partial charge on any atom is 0.293 e. The van der Waals surface area contributed by atoms with Crippen LogP contribution in [-0.4, -0.2) is 33.5 Å². The molecule has 0 atom stereocenters. The molecular weight excluding hydrogens is 553 g/mol. The molecule has 0 saturated carbocycles. The van der Waals surface area contributed by atoms with E-state index in [9.17, 15) is 24.5 Å². The minimum absolute atomic E-state index is 0.0828. The van der Waals surface area contributed by atoms with Crippen LogP contribution in [0.4, 0.5) is 16.2 Å². The van der Waals surface area contributed by atoms with Gasteiger partial charge in [-0.3, -0.25) is 29.4 Å². The number of anilines is 1. The Kier molecular flexibility index (Phi) is 8.35. The van der Waals surface area contributed by atoms with Crippen LogP contribution in [0.2, 0.25) is 10.0 Å². The number of thioether (sulfide) groups is 1. The maximum absolute atomic E-state index is 13.0. The number of halogens is 2. The first-order valence-corrected chi connectivity index (χ1v) is 12.7. The minimum atomic E-state index is -0.613. The molecule has 12 heteroatoms. The minimum Gasteiger partial charge on any atom is -0.483 e. The maximum atomic E-state index is 13.0. The van der Waals surface area contributed by atoms with Gasteiger partial charge >= 0.3 is 0 Å². The van der Waals surface area contributed by atoms with Gasteiger partial charge in [0.25, 0.3) is 22.7 Å². The van der Waals surface area contributed by atoms with Crippen molar-refractivity contribution in [3.8, 4) is 5.75 Å². The number of nitrogens with zero attached hydrogens (tertiary/aromatic N) is 2. The topological polar surface area (TPSA) is 119 Å². The number of nitro benzene ring substituents is 1. The Morgan fingerprint density at radius 1 is 1.13 bits per heavy atom. The van der Waals surface area contributed by atoms with Crippen LogP contribution in [0.5, 0.6) is 5.75 Å². The van der Waals surface area contributed by atoms with E-state index in [0.29, 0.717) is 33.1 Å². The van der Waals surface area contributed by atoms with Crippen LogP contribution in [0.3, 0.4) is 0 Å². The Hall–Kier alpha value is -3.86. The highest BCUT2D eigenvalue weighted by Crippen LogP contribution is 2.36. The number of hydrogen-bond donors (Lipinski definition) is 1. The van der Waals surface area contributed by atoms with Gasteiger partial charge in [0.1, 0.15) is 5.75 Å². The summed E-state index contributed by atoms with van der Waals surface area (Å²) in [6.07, 6.45) is 1.43. The second-order valence-corrected chi connectivity index (χ2v) is 9.97. The summed E-state index contributed by atoms with van der Waals surface area (Å²) in [4.78, 5) is 49.8. The van der Waals surface area contributed by atoms with E-state index in [1.807, 2.05) is 6.92 Å². The van der Waals surface area contributed by atoms with Crippen molar-refractivity contribution >= 4 is 69.5 Å². The quantitative estimate of drug-likeness (QED) is 0.187. The number of carbonyl (C=O) groups is 3. The Morgan fingerprint density at radius 2 is 1.89 bits per heavy atom. The molecule has 1 aliphatic heterocycles. The van der Waals surface area contributed by atoms with Gasteiger partial charge < -0.3 is 10.1 Å². The van der Waals surface area contributed by atoms with Crippen molar-refractivity contribution < 1.29 is 24.0 Å². The lowest BCUT2D eigenvalue weighted by Crippen LogP contribution is -2.27. The first kappa shape index (κ1) is 27.2. The first-order valence-electron chi connectivity index (χ1n) is 11.1. The molecule has 0 spiro atoms. The fraction of sp³-hybridized carbons (Fsp3) is 0.115. The molecule has 0 aromatic heterocycles. The highest BCUT2D eigenvalue weighted by atomic mass is 35.5. The Labute approximate surface area is 231 Å². The molecule has 9 nitrogen and oxygen atoms in total. The normalized spacial score (nSPS) is 14.2. The van der Waals surface area contributed by atoms with E-state index in [2.05, 4.69) is 5.32 Å². The molecule has 0 radical (unpaired) electrons. The first-order chi connectivity index (χ1) is 18.1. The number of hydrogen-bond acceptors (Lipinski definition) is 7. The van der Waals surface area contributed by atoms with E-state index in [1.165, 1.54) is 30.3 Å². The number of imide groups is 1. The van der Waals surface area contributed by atoms with Crippen molar-refractivity contribution in [1.82, 2.24) is 4.90 Å². The SMILES string of the molecule is Cc1ccc(NC(=O)COc2ccc(Cl)cc2/C=C2\SC(=O)N(Cc3ccccc3[N+](=O)[O-])C2=O)cc1Cl. The van der Waals surface area contributed by atoms with Gasteiger partial charge in [-0.2, -0.15) is 0 Å². The zero-order valence-corrected chi connectivity index (χ0v) is 22.1. The van der Waals surface area contributed by atoms with Crippen LogP contribution in [0.15, 0.2) is 65.6 Å². The van der Waals surface area contributed by atoms with Crippen LogP contribution >= 0.6 is 35.0 Å². The van der Waals surface area contributed by atoms with Gasteiger partial charge in [0.2, 0.25) is 0 Å². The summed E-state index contributed by atoms with van der Waals surface area (Å²) >= 11 is 12.9. The average molecular weight is 572 g/mol. The van der Waals surface area contributed by atoms with Gasteiger partial charge in [-0.1, -0.05) is 47.5 Å². The Morgan fingerprint density at radius 3 is 2.63 bits per heavy atom. The molecule has 1 aliphatic rings. The number of nitro groups is 1. The molecule has 0 bridgehead atoms. The molecule has 0 unspecified atom stereocenters. The lowest BCUT2D eigenvalue weighted by atomic mass is 10.1. The molecule has 3 amide bonds. The molecule has 0 aliphatic carbocycles. The predicted molar refractivity (Wildman–Crippen MR) is 146 cm³/mol. The van der Waals surface area contributed by atoms with E-state index < -0.39 is 22.0 Å². The number of para-hydroxylation sites is 1. The molecule has 38 heavy (non-hydrogen) atoms. The van der Waals surface area contributed by atoms with Gasteiger partial charge in [0, 0.05) is 32.9 Å². The number of nitrogens with one attached hydrogen (secondary N) is 1. The molecule has 1 N–H and O–H groups in total. The Bertz CT molecular complexity index is 1490. The highest BCUT2D eigenvalue weighted by molar-refractivity contribution is 8.18. The van der Waals surface area contributed by atoms with E-state index in [0.717, 1.165) is 10.5 Å². The fourth-order valence-corrected chi connectivity index (χ4v) is 4.74. The number of ether oxygens (including phenoxy) is 1. The van der Waals surface area contributed by atoms with Crippen LogP contribution in [-0.2, 0) is 16.1 Å². The summed E-state index contributed by atoms with van der Waals surface area (Å²) in [7, 11) is 0. The number of amides is 3. The van der Waals surface area contributed by atoms with Crippen molar-refractivity contribution in [3.63, 3.8) is 0 Å². The Balaban J connectivity index is 1.50. The third kappa shape index (κ3) is 6.34. The smallest absolute Gasteiger partial charge is 0.293 e. The molecule has 3 aromatic rings. The third-order valence-corrected chi connectivity index (χ3v) is 7.01. The van der Waals surface area contributed by atoms with E-state index >= 15 is 0 Å². The molecule has 3 aromatic carbocycles. The van der Waals surface area contributed by atoms with Gasteiger partial charge in [0.15, 0.2) is 6.61 Å². The summed E-state index contributed by atoms with van der Waals surface area (Å²) in [5.41, 5.74) is 1.80. The molecule has 1 saturated heterocycles. The highest BCUT2D eigenvalue weighted by Gasteiger charge is 2.36. The number of rotatable bonds is 8. The van der Waals surface area contributed by atoms with E-state index in [-0.39, 0.29) is 35.1 Å². The fourth-order valence-electron chi connectivity index (χ4n) is 3.55. The third-order valence-electron chi connectivity index (χ3n) is 5.46. The molecule has 1 fully saturated rings.